The van der Waals surface area contributed by atoms with Crippen molar-refractivity contribution in [3.63, 3.8) is 0 Å². The van der Waals surface area contributed by atoms with Crippen LogP contribution in [0.25, 0.3) is 0 Å². The van der Waals surface area contributed by atoms with Gasteiger partial charge >= 0.3 is 0 Å². The first-order valence-corrected chi connectivity index (χ1v) is 10.9. The summed E-state index contributed by atoms with van der Waals surface area (Å²) in [7, 11) is -3.87. The third-order valence-corrected chi connectivity index (χ3v) is 6.74. The van der Waals surface area contributed by atoms with Crippen molar-refractivity contribution in [2.24, 2.45) is 0 Å². The third kappa shape index (κ3) is 4.72. The van der Waals surface area contributed by atoms with Crippen LogP contribution >= 0.6 is 0 Å². The fourth-order valence-electron chi connectivity index (χ4n) is 3.13. The van der Waals surface area contributed by atoms with Crippen LogP contribution in [-0.2, 0) is 19.6 Å². The van der Waals surface area contributed by atoms with Gasteiger partial charge in [0.2, 0.25) is 5.91 Å². The van der Waals surface area contributed by atoms with Gasteiger partial charge in [0.1, 0.15) is 6.54 Å². The van der Waals surface area contributed by atoms with Crippen LogP contribution in [0.1, 0.15) is 24.0 Å². The zero-order chi connectivity index (χ0) is 20.1. The van der Waals surface area contributed by atoms with Gasteiger partial charge in [0, 0.05) is 13.2 Å². The average molecular weight is 403 g/mol. The molecule has 3 rings (SSSR count). The first-order valence-electron chi connectivity index (χ1n) is 9.41. The van der Waals surface area contributed by atoms with Gasteiger partial charge in [-0.2, -0.15) is 0 Å². The van der Waals surface area contributed by atoms with E-state index < -0.39 is 10.0 Å². The van der Waals surface area contributed by atoms with Gasteiger partial charge in [-0.05, 0) is 62.1 Å². The number of rotatable bonds is 7. The zero-order valence-corrected chi connectivity index (χ0v) is 17.0. The van der Waals surface area contributed by atoms with Gasteiger partial charge in [0.15, 0.2) is 0 Å². The normalized spacial score (nSPS) is 16.7. The van der Waals surface area contributed by atoms with Gasteiger partial charge < -0.3 is 10.1 Å². The lowest BCUT2D eigenvalue weighted by Gasteiger charge is -2.25. The van der Waals surface area contributed by atoms with Crippen LogP contribution in [0, 0.1) is 13.8 Å². The molecule has 28 heavy (non-hydrogen) atoms. The maximum absolute atomic E-state index is 13.2. The summed E-state index contributed by atoms with van der Waals surface area (Å²) in [5, 5.41) is 2.80. The standard InChI is InChI=1S/C21H26N2O4S/c1-16-10-11-18(13-17(16)2)23(28(25,26)20-8-4-3-5-9-20)15-21(24)22-14-19-7-6-12-27-19/h3-5,8-11,13,19H,6-7,12,14-15H2,1-2H3,(H,22,24)/t19-/m0/s1. The Morgan fingerprint density at radius 1 is 1.14 bits per heavy atom. The summed E-state index contributed by atoms with van der Waals surface area (Å²) in [6.07, 6.45) is 1.89. The topological polar surface area (TPSA) is 75.7 Å². The average Bonchev–Trinajstić information content (AvgIpc) is 3.21. The van der Waals surface area contributed by atoms with E-state index in [0.29, 0.717) is 18.8 Å². The molecule has 0 spiro atoms. The number of carbonyl (C=O) groups is 1. The van der Waals surface area contributed by atoms with E-state index in [0.717, 1.165) is 24.0 Å². The zero-order valence-electron chi connectivity index (χ0n) is 16.2. The molecule has 0 aromatic heterocycles. The highest BCUT2D eigenvalue weighted by Gasteiger charge is 2.27. The van der Waals surface area contributed by atoms with Gasteiger partial charge in [-0.3, -0.25) is 9.10 Å². The molecule has 1 N–H and O–H groups in total. The maximum Gasteiger partial charge on any atom is 0.264 e. The van der Waals surface area contributed by atoms with Crippen molar-refractivity contribution in [1.29, 1.82) is 0 Å². The number of aryl methyl sites for hydroxylation is 2. The second-order valence-electron chi connectivity index (χ2n) is 7.03. The van der Waals surface area contributed by atoms with Crippen molar-refractivity contribution >= 4 is 21.6 Å². The molecule has 1 atom stereocenters. The van der Waals surface area contributed by atoms with E-state index in [-0.39, 0.29) is 23.5 Å². The highest BCUT2D eigenvalue weighted by molar-refractivity contribution is 7.92. The smallest absolute Gasteiger partial charge is 0.264 e. The lowest BCUT2D eigenvalue weighted by molar-refractivity contribution is -0.120. The lowest BCUT2D eigenvalue weighted by atomic mass is 10.1. The van der Waals surface area contributed by atoms with Crippen molar-refractivity contribution in [1.82, 2.24) is 5.32 Å². The molecule has 1 fully saturated rings. The Balaban J connectivity index is 1.85. The fourth-order valence-corrected chi connectivity index (χ4v) is 4.57. The van der Waals surface area contributed by atoms with Crippen molar-refractivity contribution < 1.29 is 17.9 Å². The molecule has 0 radical (unpaired) electrons. The molecular formula is C21H26N2O4S. The van der Waals surface area contributed by atoms with Crippen molar-refractivity contribution in [3.8, 4) is 0 Å². The number of anilines is 1. The van der Waals surface area contributed by atoms with E-state index >= 15 is 0 Å². The first-order chi connectivity index (χ1) is 13.4. The fraction of sp³-hybridized carbons (Fsp3) is 0.381. The van der Waals surface area contributed by atoms with E-state index in [2.05, 4.69) is 5.32 Å². The molecule has 1 aliphatic rings. The van der Waals surface area contributed by atoms with E-state index in [4.69, 9.17) is 4.74 Å². The summed E-state index contributed by atoms with van der Waals surface area (Å²) in [5.74, 6) is -0.353. The first kappa shape index (κ1) is 20.4. The minimum Gasteiger partial charge on any atom is -0.376 e. The summed E-state index contributed by atoms with van der Waals surface area (Å²) >= 11 is 0. The van der Waals surface area contributed by atoms with E-state index in [1.165, 1.54) is 16.4 Å². The Hall–Kier alpha value is -2.38. The maximum atomic E-state index is 13.2. The van der Waals surface area contributed by atoms with Crippen LogP contribution in [0.15, 0.2) is 53.4 Å². The molecule has 2 aromatic rings. The van der Waals surface area contributed by atoms with E-state index in [9.17, 15) is 13.2 Å². The minimum atomic E-state index is -3.87. The van der Waals surface area contributed by atoms with Crippen LogP contribution in [0.2, 0.25) is 0 Å². The third-order valence-electron chi connectivity index (χ3n) is 4.95. The number of sulfonamides is 1. The molecule has 1 heterocycles. The molecule has 0 aliphatic carbocycles. The van der Waals surface area contributed by atoms with Crippen LogP contribution in [0.4, 0.5) is 5.69 Å². The Labute approximate surface area is 166 Å². The predicted molar refractivity (Wildman–Crippen MR) is 109 cm³/mol. The summed E-state index contributed by atoms with van der Waals surface area (Å²) < 4.78 is 33.2. The van der Waals surface area contributed by atoms with Gasteiger partial charge in [0.05, 0.1) is 16.7 Å². The molecular weight excluding hydrogens is 376 g/mol. The number of ether oxygens (including phenoxy) is 1. The quantitative estimate of drug-likeness (QED) is 0.773. The molecule has 6 nitrogen and oxygen atoms in total. The van der Waals surface area contributed by atoms with Crippen molar-refractivity contribution in [2.45, 2.75) is 37.7 Å². The van der Waals surface area contributed by atoms with Gasteiger partial charge in [-0.25, -0.2) is 8.42 Å². The second-order valence-corrected chi connectivity index (χ2v) is 8.89. The number of benzene rings is 2. The molecule has 1 amide bonds. The Morgan fingerprint density at radius 3 is 2.54 bits per heavy atom. The van der Waals surface area contributed by atoms with Gasteiger partial charge in [0.25, 0.3) is 10.0 Å². The van der Waals surface area contributed by atoms with Crippen LogP contribution in [0.3, 0.4) is 0 Å². The molecule has 0 bridgehead atoms. The monoisotopic (exact) mass is 402 g/mol. The van der Waals surface area contributed by atoms with E-state index in [1.807, 2.05) is 19.9 Å². The van der Waals surface area contributed by atoms with Crippen LogP contribution in [0.5, 0.6) is 0 Å². The van der Waals surface area contributed by atoms with Crippen LogP contribution < -0.4 is 9.62 Å². The molecule has 0 unspecified atom stereocenters. The minimum absolute atomic E-state index is 0.00440. The number of carbonyl (C=O) groups excluding carboxylic acids is 1. The second kappa shape index (κ2) is 8.75. The number of hydrogen-bond donors (Lipinski definition) is 1. The van der Waals surface area contributed by atoms with Crippen molar-refractivity contribution in [2.75, 3.05) is 24.0 Å². The Bertz CT molecular complexity index is 923. The molecule has 1 aliphatic heterocycles. The largest absolute Gasteiger partial charge is 0.376 e. The van der Waals surface area contributed by atoms with Crippen LogP contribution in [-0.4, -0.2) is 40.1 Å². The van der Waals surface area contributed by atoms with E-state index in [1.54, 1.807) is 30.3 Å². The lowest BCUT2D eigenvalue weighted by Crippen LogP contribution is -2.42. The molecule has 1 saturated heterocycles. The number of hydrogen-bond acceptors (Lipinski definition) is 4. The number of nitrogens with one attached hydrogen (secondary N) is 1. The SMILES string of the molecule is Cc1ccc(N(CC(=O)NC[C@@H]2CCCO2)S(=O)(=O)c2ccccc2)cc1C. The Kier molecular flexibility index (Phi) is 6.36. The Morgan fingerprint density at radius 2 is 1.89 bits per heavy atom. The molecule has 2 aromatic carbocycles. The van der Waals surface area contributed by atoms with Gasteiger partial charge in [-0.1, -0.05) is 24.3 Å². The highest BCUT2D eigenvalue weighted by atomic mass is 32.2. The molecule has 150 valence electrons. The summed E-state index contributed by atoms with van der Waals surface area (Å²) in [4.78, 5) is 12.7. The van der Waals surface area contributed by atoms with Crippen molar-refractivity contribution in [3.05, 3.63) is 59.7 Å². The molecule has 7 heteroatoms. The van der Waals surface area contributed by atoms with Gasteiger partial charge in [-0.15, -0.1) is 0 Å². The molecule has 0 saturated carbocycles. The summed E-state index contributed by atoms with van der Waals surface area (Å²) in [6, 6.07) is 13.6. The predicted octanol–water partition coefficient (Wildman–Crippen LogP) is 2.79. The highest BCUT2D eigenvalue weighted by Crippen LogP contribution is 2.25. The summed E-state index contributed by atoms with van der Waals surface area (Å²) in [5.41, 5.74) is 2.49. The number of amides is 1. The number of nitrogens with zero attached hydrogens (tertiary/aromatic N) is 1. The summed E-state index contributed by atoms with van der Waals surface area (Å²) in [6.45, 7) is 4.70.